The topological polar surface area (TPSA) is 76.9 Å². The van der Waals surface area contributed by atoms with E-state index in [1.165, 1.54) is 17.9 Å². The molecule has 0 spiro atoms. The lowest BCUT2D eigenvalue weighted by atomic mass is 10.3. The number of rotatable bonds is 7. The van der Waals surface area contributed by atoms with Gasteiger partial charge in [0.15, 0.2) is 0 Å². The number of alkyl halides is 5. The minimum absolute atomic E-state index is 0.0659. The molecule has 2 heterocycles. The first-order valence-corrected chi connectivity index (χ1v) is 7.03. The summed E-state index contributed by atoms with van der Waals surface area (Å²) in [5, 5.41) is 9.19. The van der Waals surface area contributed by atoms with Crippen LogP contribution in [0.1, 0.15) is 11.3 Å². The van der Waals surface area contributed by atoms with Gasteiger partial charge in [-0.1, -0.05) is 0 Å². The molecule has 0 fully saturated rings. The van der Waals surface area contributed by atoms with Crippen LogP contribution in [0.2, 0.25) is 0 Å². The average Bonchev–Trinajstić information content (AvgIpc) is 2.85. The van der Waals surface area contributed by atoms with Gasteiger partial charge in [-0.2, -0.15) is 32.0 Å². The largest absolute Gasteiger partial charge is 0.421 e. The van der Waals surface area contributed by atoms with Crippen LogP contribution >= 0.6 is 0 Å². The molecular weight excluding hydrogens is 351 g/mol. The van der Waals surface area contributed by atoms with Crippen LogP contribution in [-0.2, 0) is 17.5 Å². The second-order valence-corrected chi connectivity index (χ2v) is 4.85. The molecule has 25 heavy (non-hydrogen) atoms. The summed E-state index contributed by atoms with van der Waals surface area (Å²) in [5.41, 5.74) is -0.0671. The number of halogens is 5. The van der Waals surface area contributed by atoms with Crippen molar-refractivity contribution in [2.24, 2.45) is 0 Å². The monoisotopic (exact) mass is 366 g/mol. The lowest BCUT2D eigenvalue weighted by Gasteiger charge is -2.12. The lowest BCUT2D eigenvalue weighted by molar-refractivity contribution is -0.137. The molecule has 0 radical (unpaired) electrons. The van der Waals surface area contributed by atoms with Crippen LogP contribution in [0.3, 0.4) is 0 Å². The summed E-state index contributed by atoms with van der Waals surface area (Å²) in [6.07, 6.45) is -2.43. The number of nitrogens with one attached hydrogen (secondary N) is 2. The summed E-state index contributed by atoms with van der Waals surface area (Å²) in [4.78, 5) is 7.42. The first-order chi connectivity index (χ1) is 11.7. The zero-order valence-electron chi connectivity index (χ0n) is 13.2. The summed E-state index contributed by atoms with van der Waals surface area (Å²) in [5.74, 6) is -0.441. The first-order valence-electron chi connectivity index (χ1n) is 7.03. The number of ether oxygens (including phenoxy) is 1. The molecule has 0 unspecified atom stereocenters. The van der Waals surface area contributed by atoms with Gasteiger partial charge in [0.1, 0.15) is 11.4 Å². The molecular formula is C13H15F5N6O. The summed E-state index contributed by atoms with van der Waals surface area (Å²) in [6.45, 7) is -1.38. The molecule has 0 aliphatic rings. The van der Waals surface area contributed by atoms with Crippen LogP contribution in [-0.4, -0.2) is 40.0 Å². The third-order valence-corrected chi connectivity index (χ3v) is 3.09. The van der Waals surface area contributed by atoms with Gasteiger partial charge in [0.05, 0.1) is 24.5 Å². The molecule has 7 nitrogen and oxygen atoms in total. The fourth-order valence-electron chi connectivity index (χ4n) is 1.95. The Labute approximate surface area is 139 Å². The highest BCUT2D eigenvalue weighted by Crippen LogP contribution is 2.33. The summed E-state index contributed by atoms with van der Waals surface area (Å²) in [6, 6.07) is 0. The van der Waals surface area contributed by atoms with Crippen LogP contribution < -0.4 is 10.6 Å². The maximum atomic E-state index is 12.8. The Hall–Kier alpha value is -2.50. The van der Waals surface area contributed by atoms with Crippen LogP contribution in [0.15, 0.2) is 12.4 Å². The minimum atomic E-state index is -4.58. The van der Waals surface area contributed by atoms with Crippen LogP contribution in [0.4, 0.5) is 39.4 Å². The van der Waals surface area contributed by atoms with E-state index >= 15 is 0 Å². The van der Waals surface area contributed by atoms with E-state index in [1.54, 1.807) is 6.92 Å². The van der Waals surface area contributed by atoms with Crippen molar-refractivity contribution in [3.05, 3.63) is 23.7 Å². The summed E-state index contributed by atoms with van der Waals surface area (Å²) >= 11 is 0. The molecule has 0 aliphatic heterocycles. The van der Waals surface area contributed by atoms with Gasteiger partial charge in [-0.15, -0.1) is 0 Å². The predicted molar refractivity (Wildman–Crippen MR) is 78.8 cm³/mol. The van der Waals surface area contributed by atoms with Gasteiger partial charge in [-0.3, -0.25) is 4.68 Å². The SMILES string of the molecule is CNc1nc(Nc2cn(CCOC(F)F)nc2C)ncc1C(F)(F)F. The van der Waals surface area contributed by atoms with E-state index in [9.17, 15) is 22.0 Å². The second-order valence-electron chi connectivity index (χ2n) is 4.85. The Morgan fingerprint density at radius 1 is 1.32 bits per heavy atom. The molecule has 0 bridgehead atoms. The Balaban J connectivity index is 2.13. The van der Waals surface area contributed by atoms with Gasteiger partial charge in [-0.25, -0.2) is 4.98 Å². The zero-order chi connectivity index (χ0) is 18.6. The summed E-state index contributed by atoms with van der Waals surface area (Å²) < 4.78 is 67.8. The van der Waals surface area contributed by atoms with Gasteiger partial charge in [-0.05, 0) is 6.92 Å². The van der Waals surface area contributed by atoms with E-state index in [2.05, 4.69) is 30.4 Å². The number of nitrogens with zero attached hydrogens (tertiary/aromatic N) is 4. The van der Waals surface area contributed by atoms with E-state index in [0.29, 0.717) is 17.6 Å². The van der Waals surface area contributed by atoms with Crippen molar-refractivity contribution in [2.75, 3.05) is 24.3 Å². The van der Waals surface area contributed by atoms with Crippen molar-refractivity contribution in [2.45, 2.75) is 26.3 Å². The molecule has 0 amide bonds. The molecule has 0 saturated heterocycles. The smallest absolute Gasteiger partial charge is 0.372 e. The van der Waals surface area contributed by atoms with Gasteiger partial charge in [0, 0.05) is 19.4 Å². The van der Waals surface area contributed by atoms with Gasteiger partial charge >= 0.3 is 12.8 Å². The molecule has 0 aromatic carbocycles. The lowest BCUT2D eigenvalue weighted by Crippen LogP contribution is -2.12. The number of aryl methyl sites for hydroxylation is 1. The Morgan fingerprint density at radius 2 is 2.04 bits per heavy atom. The van der Waals surface area contributed by atoms with Crippen LogP contribution in [0.5, 0.6) is 0 Å². The van der Waals surface area contributed by atoms with Crippen LogP contribution in [0.25, 0.3) is 0 Å². The van der Waals surface area contributed by atoms with Crippen molar-refractivity contribution in [3.63, 3.8) is 0 Å². The first kappa shape index (κ1) is 18.8. The molecule has 2 aromatic rings. The van der Waals surface area contributed by atoms with Crippen molar-refractivity contribution in [3.8, 4) is 0 Å². The maximum absolute atomic E-state index is 12.8. The molecule has 138 valence electrons. The number of hydrogen-bond acceptors (Lipinski definition) is 6. The highest BCUT2D eigenvalue weighted by molar-refractivity contribution is 5.57. The third kappa shape index (κ3) is 4.98. The normalized spacial score (nSPS) is 11.8. The third-order valence-electron chi connectivity index (χ3n) is 3.09. The highest BCUT2D eigenvalue weighted by Gasteiger charge is 2.35. The van der Waals surface area contributed by atoms with E-state index < -0.39 is 18.4 Å². The van der Waals surface area contributed by atoms with Crippen molar-refractivity contribution >= 4 is 17.5 Å². The maximum Gasteiger partial charge on any atom is 0.421 e. The van der Waals surface area contributed by atoms with Crippen molar-refractivity contribution < 1.29 is 26.7 Å². The van der Waals surface area contributed by atoms with E-state index in [0.717, 1.165) is 0 Å². The van der Waals surface area contributed by atoms with Crippen LogP contribution in [0, 0.1) is 6.92 Å². The molecule has 2 rings (SSSR count). The molecule has 12 heteroatoms. The predicted octanol–water partition coefficient (Wildman–Crippen LogP) is 3.02. The van der Waals surface area contributed by atoms with Crippen molar-refractivity contribution in [1.82, 2.24) is 19.7 Å². The molecule has 0 atom stereocenters. The minimum Gasteiger partial charge on any atom is -0.372 e. The van der Waals surface area contributed by atoms with Crippen molar-refractivity contribution in [1.29, 1.82) is 0 Å². The molecule has 0 saturated carbocycles. The second kappa shape index (κ2) is 7.59. The fraction of sp³-hybridized carbons (Fsp3) is 0.462. The molecule has 2 N–H and O–H groups in total. The van der Waals surface area contributed by atoms with E-state index in [1.807, 2.05) is 0 Å². The van der Waals surface area contributed by atoms with E-state index in [-0.39, 0.29) is 24.9 Å². The standard InChI is InChI=1S/C13H15F5N6O/c1-7-9(6-24(23-7)3-4-25-11(14)15)21-12-20-5-8(13(16,17)18)10(19-2)22-12/h5-6,11H,3-4H2,1-2H3,(H2,19,20,21,22). The quantitative estimate of drug-likeness (QED) is 0.734. The zero-order valence-corrected chi connectivity index (χ0v) is 13.2. The highest BCUT2D eigenvalue weighted by atomic mass is 19.4. The van der Waals surface area contributed by atoms with Gasteiger partial charge < -0.3 is 15.4 Å². The Bertz CT molecular complexity index is 717. The van der Waals surface area contributed by atoms with E-state index in [4.69, 9.17) is 0 Å². The number of anilines is 3. The van der Waals surface area contributed by atoms with Gasteiger partial charge in [0.25, 0.3) is 0 Å². The summed E-state index contributed by atoms with van der Waals surface area (Å²) in [7, 11) is 1.31. The Kier molecular flexibility index (Phi) is 5.72. The number of hydrogen-bond donors (Lipinski definition) is 2. The number of aromatic nitrogens is 4. The Morgan fingerprint density at radius 3 is 2.64 bits per heavy atom. The van der Waals surface area contributed by atoms with Gasteiger partial charge in [0.2, 0.25) is 5.95 Å². The fourth-order valence-corrected chi connectivity index (χ4v) is 1.95. The average molecular weight is 366 g/mol. The molecule has 0 aliphatic carbocycles. The molecule has 2 aromatic heterocycles.